The first-order chi connectivity index (χ1) is 13.5. The quantitative estimate of drug-likeness (QED) is 0.583. The molecule has 0 aliphatic carbocycles. The highest BCUT2D eigenvalue weighted by atomic mass is 19.1. The number of nitrogens with zero attached hydrogens (tertiary/aromatic N) is 4. The number of rotatable bonds is 4. The lowest BCUT2D eigenvalue weighted by molar-refractivity contribution is 0.101. The third-order valence-electron chi connectivity index (χ3n) is 4.00. The van der Waals surface area contributed by atoms with Crippen molar-refractivity contribution in [1.82, 2.24) is 19.7 Å². The maximum absolute atomic E-state index is 13.7. The van der Waals surface area contributed by atoms with Gasteiger partial charge in [0.25, 0.3) is 5.91 Å². The molecule has 0 fully saturated rings. The number of halogens is 2. The fourth-order valence-electron chi connectivity index (χ4n) is 2.67. The monoisotopic (exact) mass is 381 g/mol. The number of carbonyl (C=O) groups excluding carboxylic acids is 1. The van der Waals surface area contributed by atoms with E-state index in [1.807, 2.05) is 0 Å². The molecule has 0 saturated heterocycles. The van der Waals surface area contributed by atoms with E-state index in [0.717, 1.165) is 12.1 Å². The molecule has 0 saturated carbocycles. The van der Waals surface area contributed by atoms with Crippen LogP contribution in [0.2, 0.25) is 0 Å². The molecule has 4 rings (SSSR count). The number of amides is 1. The Hall–Kier alpha value is -3.88. The highest BCUT2D eigenvalue weighted by Gasteiger charge is 2.18. The Balaban J connectivity index is 1.56. The van der Waals surface area contributed by atoms with E-state index in [1.165, 1.54) is 18.5 Å². The SMILES string of the molecule is Cn1nc(-c2ccco2)cc1-c1cnc(NC(=O)c2c(F)cccc2F)cn1. The van der Waals surface area contributed by atoms with Gasteiger partial charge in [0.1, 0.15) is 28.6 Å². The fraction of sp³-hybridized carbons (Fsp3) is 0.0526. The number of hydrogen-bond donors (Lipinski definition) is 1. The van der Waals surface area contributed by atoms with Crippen molar-refractivity contribution in [1.29, 1.82) is 0 Å². The van der Waals surface area contributed by atoms with Crippen LogP contribution < -0.4 is 5.32 Å². The fourth-order valence-corrected chi connectivity index (χ4v) is 2.67. The molecule has 3 heterocycles. The zero-order chi connectivity index (χ0) is 19.7. The summed E-state index contributed by atoms with van der Waals surface area (Å²) in [5.41, 5.74) is 1.14. The van der Waals surface area contributed by atoms with Gasteiger partial charge >= 0.3 is 0 Å². The van der Waals surface area contributed by atoms with Gasteiger partial charge in [-0.05, 0) is 30.3 Å². The van der Waals surface area contributed by atoms with Gasteiger partial charge in [-0.25, -0.2) is 18.7 Å². The Morgan fingerprint density at radius 2 is 1.86 bits per heavy atom. The second-order valence-corrected chi connectivity index (χ2v) is 5.85. The van der Waals surface area contributed by atoms with Crippen molar-refractivity contribution in [2.45, 2.75) is 0 Å². The molecular formula is C19H13F2N5O2. The van der Waals surface area contributed by atoms with Crippen LogP contribution in [-0.4, -0.2) is 25.7 Å². The molecule has 140 valence electrons. The molecule has 9 heteroatoms. The number of aryl methyl sites for hydroxylation is 1. The van der Waals surface area contributed by atoms with Crippen molar-refractivity contribution >= 4 is 11.7 Å². The van der Waals surface area contributed by atoms with E-state index in [1.54, 1.807) is 36.2 Å². The molecule has 1 amide bonds. The van der Waals surface area contributed by atoms with E-state index in [-0.39, 0.29) is 5.82 Å². The minimum Gasteiger partial charge on any atom is -0.463 e. The summed E-state index contributed by atoms with van der Waals surface area (Å²) in [6.07, 6.45) is 4.28. The third kappa shape index (κ3) is 3.25. The van der Waals surface area contributed by atoms with Gasteiger partial charge < -0.3 is 9.73 Å². The normalized spacial score (nSPS) is 10.8. The summed E-state index contributed by atoms with van der Waals surface area (Å²) in [7, 11) is 1.75. The first-order valence-electron chi connectivity index (χ1n) is 8.18. The van der Waals surface area contributed by atoms with Crippen LogP contribution in [0.4, 0.5) is 14.6 Å². The lowest BCUT2D eigenvalue weighted by Gasteiger charge is -2.07. The van der Waals surface area contributed by atoms with Crippen molar-refractivity contribution in [3.05, 3.63) is 72.3 Å². The summed E-state index contributed by atoms with van der Waals surface area (Å²) in [5.74, 6) is -2.18. The molecule has 0 unspecified atom stereocenters. The molecule has 28 heavy (non-hydrogen) atoms. The number of anilines is 1. The van der Waals surface area contributed by atoms with Crippen molar-refractivity contribution in [3.8, 4) is 22.8 Å². The predicted molar refractivity (Wildman–Crippen MR) is 96.2 cm³/mol. The van der Waals surface area contributed by atoms with Gasteiger partial charge in [0.15, 0.2) is 11.6 Å². The van der Waals surface area contributed by atoms with Crippen LogP contribution in [0.5, 0.6) is 0 Å². The maximum atomic E-state index is 13.7. The zero-order valence-corrected chi connectivity index (χ0v) is 14.6. The third-order valence-corrected chi connectivity index (χ3v) is 4.00. The summed E-state index contributed by atoms with van der Waals surface area (Å²) in [4.78, 5) is 20.4. The predicted octanol–water partition coefficient (Wildman–Crippen LogP) is 3.67. The number of aromatic nitrogens is 4. The molecule has 0 spiro atoms. The second kappa shape index (κ2) is 7.03. The molecule has 0 aliphatic rings. The van der Waals surface area contributed by atoms with Crippen LogP contribution in [0.3, 0.4) is 0 Å². The summed E-state index contributed by atoms with van der Waals surface area (Å²) in [6.45, 7) is 0. The van der Waals surface area contributed by atoms with Crippen molar-refractivity contribution < 1.29 is 18.0 Å². The number of carbonyl (C=O) groups is 1. The zero-order valence-electron chi connectivity index (χ0n) is 14.6. The molecule has 3 aromatic heterocycles. The molecule has 4 aromatic rings. The molecule has 0 atom stereocenters. The standard InChI is InChI=1S/C19H13F2N5O2/c1-26-15(8-13(25-26)16-6-3-7-28-16)14-9-23-17(10-22-14)24-19(27)18-11(20)4-2-5-12(18)21/h2-10H,1H3,(H,23,24,27). The smallest absolute Gasteiger partial charge is 0.262 e. The van der Waals surface area contributed by atoms with Crippen molar-refractivity contribution in [3.63, 3.8) is 0 Å². The minimum atomic E-state index is -0.956. The lowest BCUT2D eigenvalue weighted by Crippen LogP contribution is -2.16. The summed E-state index contributed by atoms with van der Waals surface area (Å²) < 4.78 is 34.3. The van der Waals surface area contributed by atoms with Gasteiger partial charge in [-0.1, -0.05) is 6.07 Å². The average Bonchev–Trinajstić information content (AvgIpc) is 3.32. The Morgan fingerprint density at radius 3 is 2.50 bits per heavy atom. The average molecular weight is 381 g/mol. The molecule has 7 nitrogen and oxygen atoms in total. The molecule has 1 aromatic carbocycles. The van der Waals surface area contributed by atoms with Crippen molar-refractivity contribution in [2.24, 2.45) is 7.05 Å². The summed E-state index contributed by atoms with van der Waals surface area (Å²) in [5, 5.41) is 6.69. The van der Waals surface area contributed by atoms with E-state index >= 15 is 0 Å². The highest BCUT2D eigenvalue weighted by Crippen LogP contribution is 2.24. The summed E-state index contributed by atoms with van der Waals surface area (Å²) >= 11 is 0. The van der Waals surface area contributed by atoms with E-state index in [0.29, 0.717) is 22.8 Å². The first kappa shape index (κ1) is 17.5. The number of furan rings is 1. The highest BCUT2D eigenvalue weighted by molar-refractivity contribution is 6.04. The molecule has 1 N–H and O–H groups in total. The Labute approximate surface area is 157 Å². The van der Waals surface area contributed by atoms with Gasteiger partial charge in [0, 0.05) is 7.05 Å². The van der Waals surface area contributed by atoms with Gasteiger partial charge in [0.05, 0.1) is 24.4 Å². The van der Waals surface area contributed by atoms with Gasteiger partial charge in [-0.15, -0.1) is 0 Å². The number of hydrogen-bond acceptors (Lipinski definition) is 5. The van der Waals surface area contributed by atoms with E-state index < -0.39 is 23.1 Å². The topological polar surface area (TPSA) is 85.8 Å². The molecule has 0 radical (unpaired) electrons. The Kier molecular flexibility index (Phi) is 4.40. The minimum absolute atomic E-state index is 0.0600. The molecule has 0 bridgehead atoms. The van der Waals surface area contributed by atoms with Gasteiger partial charge in [-0.2, -0.15) is 5.10 Å². The van der Waals surface area contributed by atoms with E-state index in [2.05, 4.69) is 20.4 Å². The van der Waals surface area contributed by atoms with Crippen LogP contribution in [0, 0.1) is 11.6 Å². The molecular weight excluding hydrogens is 368 g/mol. The maximum Gasteiger partial charge on any atom is 0.262 e. The first-order valence-corrected chi connectivity index (χ1v) is 8.18. The van der Waals surface area contributed by atoms with Crippen LogP contribution in [0.15, 0.2) is 59.5 Å². The van der Waals surface area contributed by atoms with Gasteiger partial charge in [-0.3, -0.25) is 9.48 Å². The lowest BCUT2D eigenvalue weighted by atomic mass is 10.2. The molecule has 0 aliphatic heterocycles. The van der Waals surface area contributed by atoms with Crippen LogP contribution in [-0.2, 0) is 7.05 Å². The largest absolute Gasteiger partial charge is 0.463 e. The van der Waals surface area contributed by atoms with E-state index in [9.17, 15) is 13.6 Å². The summed E-state index contributed by atoms with van der Waals surface area (Å²) in [6, 6.07) is 8.53. The van der Waals surface area contributed by atoms with Gasteiger partial charge in [0.2, 0.25) is 0 Å². The van der Waals surface area contributed by atoms with Crippen molar-refractivity contribution in [2.75, 3.05) is 5.32 Å². The number of benzene rings is 1. The van der Waals surface area contributed by atoms with Crippen LogP contribution in [0.1, 0.15) is 10.4 Å². The van der Waals surface area contributed by atoms with E-state index in [4.69, 9.17) is 4.42 Å². The second-order valence-electron chi connectivity index (χ2n) is 5.85. The Morgan fingerprint density at radius 1 is 1.07 bits per heavy atom. The Bertz CT molecular complexity index is 1120. The van der Waals surface area contributed by atoms with Crippen LogP contribution in [0.25, 0.3) is 22.8 Å². The van der Waals surface area contributed by atoms with Crippen LogP contribution >= 0.6 is 0 Å². The number of nitrogens with one attached hydrogen (secondary N) is 1.